The molecule has 0 heteroatoms. The van der Waals surface area contributed by atoms with Gasteiger partial charge in [0.25, 0.3) is 0 Å². The third-order valence-electron chi connectivity index (χ3n) is 10.7. The Morgan fingerprint density at radius 3 is 1.66 bits per heavy atom. The van der Waals surface area contributed by atoms with E-state index >= 15 is 0 Å². The minimum Gasteiger partial charge on any atom is -0.0622 e. The summed E-state index contributed by atoms with van der Waals surface area (Å²) in [7, 11) is 0. The first kappa shape index (κ1) is 13.1. The van der Waals surface area contributed by atoms with Crippen molar-refractivity contribution in [1.29, 1.82) is 0 Å². The van der Waals surface area contributed by atoms with Crippen LogP contribution in [0.25, 0.3) is 120 Å². The van der Waals surface area contributed by atoms with Crippen molar-refractivity contribution in [2.24, 2.45) is 0 Å². The van der Waals surface area contributed by atoms with Gasteiger partial charge in [0.1, 0.15) is 0 Å². The maximum absolute atomic E-state index is 10.8. The van der Waals surface area contributed by atoms with Crippen LogP contribution in [-0.4, -0.2) is 0 Å². The average Bonchev–Trinajstić information content (AvgIpc) is 1.32. The van der Waals surface area contributed by atoms with Gasteiger partial charge in [0.05, 0.1) is 42.5 Å². The molecule has 59 heavy (non-hydrogen) atoms. The van der Waals surface area contributed by atoms with Crippen molar-refractivity contribution < 1.29 is 50.7 Å². The van der Waals surface area contributed by atoms with Gasteiger partial charge in [-0.15, -0.1) is 0 Å². The lowest BCUT2D eigenvalue weighted by Gasteiger charge is -2.24. The first-order valence-electron chi connectivity index (χ1n) is 36.3. The Kier molecular flexibility index (Phi) is 2.64. The van der Waals surface area contributed by atoms with Crippen LogP contribution in [0.15, 0.2) is 193 Å². The molecule has 0 atom stereocenters. The SMILES string of the molecule is [2H]c1cc2c([2H])c([2H])c3c(-c4c([2H])c(-c5c([2H])c([2H])c6c(c5[2H])C(C([2H])([2H])[2H])(C([2H])([2H])[2H])c5c([2H])c([2H])c([2H])c([2H])c5-6)c(-c5c([2H])c([2H])c([2H])c([2H])c5[2H])c(-c5c([2H])c([2H])c6c([2H])c([2H])c7c([2H])c([2H])c([2H])c8c([2H])c([2H])c5c6c78)c4[2H])c([2H])c([2H])c4c([2H])c([2H])c(c1[2H])c2c43. The fraction of sp³-hybridized carbons (Fsp3) is 0.0508. The summed E-state index contributed by atoms with van der Waals surface area (Å²) in [5.74, 6) is 0. The van der Waals surface area contributed by atoms with Crippen LogP contribution >= 0.6 is 0 Å². The van der Waals surface area contributed by atoms with E-state index in [0.717, 1.165) is 6.07 Å². The third kappa shape index (κ3) is 4.55. The molecule has 0 saturated carbocycles. The monoisotopic (exact) mass is 784 g/mol. The molecule has 0 saturated heterocycles. The number of hydrogen-bond acceptors (Lipinski definition) is 0. The normalized spacial score (nSPS) is 22.7. The van der Waals surface area contributed by atoms with Gasteiger partial charge in [0.15, 0.2) is 0 Å². The smallest absolute Gasteiger partial charge is 0.0622 e. The van der Waals surface area contributed by atoms with Gasteiger partial charge in [0.2, 0.25) is 0 Å². The van der Waals surface area contributed by atoms with E-state index in [0.29, 0.717) is 0 Å². The van der Waals surface area contributed by atoms with Crippen molar-refractivity contribution in [1.82, 2.24) is 0 Å². The van der Waals surface area contributed by atoms with Crippen LogP contribution in [0.3, 0.4) is 0 Å². The Balaban J connectivity index is 1.42. The number of fused-ring (bicyclic) bond motifs is 3. The predicted octanol–water partition coefficient (Wildman–Crippen LogP) is 16.5. The van der Waals surface area contributed by atoms with Crippen molar-refractivity contribution in [3.05, 3.63) is 205 Å². The third-order valence-corrected chi connectivity index (χ3v) is 10.7. The molecule has 12 aromatic carbocycles. The topological polar surface area (TPSA) is 0 Å². The molecule has 0 spiro atoms. The largest absolute Gasteiger partial charge is 0.0636 e. The van der Waals surface area contributed by atoms with E-state index in [4.69, 9.17) is 26.0 Å². The molecule has 0 heterocycles. The molecule has 0 unspecified atom stereocenters. The molecule has 0 aliphatic heterocycles. The molecule has 0 bridgehead atoms. The lowest BCUT2D eigenvalue weighted by molar-refractivity contribution is 0.660. The summed E-state index contributed by atoms with van der Waals surface area (Å²) in [5.41, 5.74) is -18.1. The highest BCUT2D eigenvalue weighted by molar-refractivity contribution is 6.27. The lowest BCUT2D eigenvalue weighted by atomic mass is 9.79. The minimum absolute atomic E-state index is 0.327. The standard InChI is InChI=1S/C59H38/c1-59(2)52-17-7-6-16-46(52)47-29-26-42(34-53(47)59)50-32-43(44-27-22-40-20-18-36-12-8-14-38-24-30-48(44)57(40)54(36)38)33-51(56(50)35-10-4-3-5-11-35)45-28-23-41-21-19-37-13-9-15-39-25-31-49(45)58(41)55(37)39/h3-34H,1-2H3/i1D3,2D3,3D,4D,5D,6D,7D,8D,9D,10D,11D,12D,13D,15D,16D,17D,18D,19D,20D,21D,22D,23D,24D,25D,26D,27D,28D,29D,30D,31D,32D,33D,34D. The van der Waals surface area contributed by atoms with Crippen molar-refractivity contribution in [2.45, 2.75) is 19.1 Å². The van der Waals surface area contributed by atoms with Gasteiger partial charge < -0.3 is 0 Å². The molecule has 274 valence electrons. The summed E-state index contributed by atoms with van der Waals surface area (Å²) < 4.78 is 349. The van der Waals surface area contributed by atoms with E-state index in [-0.39, 0.29) is 10.8 Å². The van der Waals surface area contributed by atoms with Gasteiger partial charge >= 0.3 is 0 Å². The van der Waals surface area contributed by atoms with Gasteiger partial charge in [-0.05, 0) is 150 Å². The number of rotatable bonds is 4. The number of hydrogen-bond donors (Lipinski definition) is 0. The van der Waals surface area contributed by atoms with Crippen LogP contribution in [0, 0.1) is 0 Å². The van der Waals surface area contributed by atoms with Crippen molar-refractivity contribution >= 4 is 64.6 Å². The Morgan fingerprint density at radius 2 is 0.898 bits per heavy atom. The molecule has 0 amide bonds. The molecule has 0 radical (unpaired) electrons. The van der Waals surface area contributed by atoms with Gasteiger partial charge in [-0.3, -0.25) is 0 Å². The summed E-state index contributed by atoms with van der Waals surface area (Å²) in [6.07, 6.45) is 0. The average molecular weight is 784 g/mol. The fourth-order valence-corrected chi connectivity index (χ4v) is 8.13. The highest BCUT2D eigenvalue weighted by Gasteiger charge is 2.35. The van der Waals surface area contributed by atoms with Crippen LogP contribution < -0.4 is 0 Å². The van der Waals surface area contributed by atoms with E-state index in [9.17, 15) is 24.7 Å². The molecule has 1 aliphatic rings. The highest BCUT2D eigenvalue weighted by atomic mass is 14.4. The molecule has 0 nitrogen and oxygen atoms in total. The second-order valence-corrected chi connectivity index (χ2v) is 13.8. The summed E-state index contributed by atoms with van der Waals surface area (Å²) in [5, 5.41) is -6.99. The summed E-state index contributed by atoms with van der Waals surface area (Å²) in [4.78, 5) is 0. The van der Waals surface area contributed by atoms with Crippen molar-refractivity contribution in [3.63, 3.8) is 0 Å². The maximum atomic E-state index is 10.8. The van der Waals surface area contributed by atoms with Gasteiger partial charge in [-0.1, -0.05) is 189 Å². The quantitative estimate of drug-likeness (QED) is 0.156. The zero-order chi connectivity index (χ0) is 71.0. The molecule has 0 fully saturated rings. The van der Waals surface area contributed by atoms with Crippen LogP contribution in [0.1, 0.15) is 75.5 Å². The molecule has 0 aromatic heterocycles. The van der Waals surface area contributed by atoms with Crippen molar-refractivity contribution in [2.75, 3.05) is 0 Å². The highest BCUT2D eigenvalue weighted by Crippen LogP contribution is 2.52. The van der Waals surface area contributed by atoms with Crippen LogP contribution in [0.5, 0.6) is 0 Å². The Hall–Kier alpha value is -7.28. The molecule has 1 aliphatic carbocycles. The first-order valence-corrected chi connectivity index (χ1v) is 17.8. The maximum Gasteiger partial charge on any atom is 0.0636 e. The van der Waals surface area contributed by atoms with Crippen LogP contribution in [0.2, 0.25) is 0 Å². The Morgan fingerprint density at radius 1 is 0.339 bits per heavy atom. The lowest BCUT2D eigenvalue weighted by Crippen LogP contribution is -2.14. The van der Waals surface area contributed by atoms with Gasteiger partial charge in [-0.2, -0.15) is 0 Å². The van der Waals surface area contributed by atoms with Gasteiger partial charge in [-0.25, -0.2) is 0 Å². The fourth-order valence-electron chi connectivity index (χ4n) is 8.13. The van der Waals surface area contributed by atoms with E-state index < -0.39 is 327 Å². The summed E-state index contributed by atoms with van der Waals surface area (Å²) >= 11 is 0. The Labute approximate surface area is 395 Å². The predicted molar refractivity (Wildman–Crippen MR) is 253 cm³/mol. The van der Waals surface area contributed by atoms with E-state index in [2.05, 4.69) is 0 Å². The Bertz CT molecular complexity index is 5670. The van der Waals surface area contributed by atoms with E-state index in [1.165, 1.54) is 0 Å². The molecule has 13 rings (SSSR count). The second-order valence-electron chi connectivity index (χ2n) is 13.8. The zero-order valence-corrected chi connectivity index (χ0v) is 29.6. The van der Waals surface area contributed by atoms with Crippen LogP contribution in [-0.2, 0) is 5.41 Å². The summed E-state index contributed by atoms with van der Waals surface area (Å²) in [6.45, 7) is -8.22. The second kappa shape index (κ2) is 11.9. The van der Waals surface area contributed by atoms with Crippen LogP contribution in [0.4, 0.5) is 0 Å². The minimum atomic E-state index is -4.11. The van der Waals surface area contributed by atoms with E-state index in [1.54, 1.807) is 0 Å². The zero-order valence-electron chi connectivity index (χ0n) is 66.6. The molecular formula is C59H38. The number of benzene rings is 12. The molecule has 12 aromatic rings. The van der Waals surface area contributed by atoms with Crippen molar-refractivity contribution in [3.8, 4) is 55.6 Å². The molecule has 0 N–H and O–H groups in total. The van der Waals surface area contributed by atoms with Gasteiger partial charge in [0, 0.05) is 13.6 Å². The molecular weight excluding hydrogens is 709 g/mol. The van der Waals surface area contributed by atoms with E-state index in [1.807, 2.05) is 0 Å². The first-order chi connectivity index (χ1) is 44.5. The summed E-state index contributed by atoms with van der Waals surface area (Å²) in [6, 6.07) is -33.3.